The minimum atomic E-state index is -0.603. The summed E-state index contributed by atoms with van der Waals surface area (Å²) in [6.45, 7) is 3.48. The van der Waals surface area contributed by atoms with Crippen molar-refractivity contribution in [3.63, 3.8) is 0 Å². The van der Waals surface area contributed by atoms with E-state index in [0.29, 0.717) is 20.6 Å². The van der Waals surface area contributed by atoms with Gasteiger partial charge in [-0.3, -0.25) is 9.59 Å². The lowest BCUT2D eigenvalue weighted by Gasteiger charge is -2.08. The first kappa shape index (κ1) is 20.9. The molecule has 1 N–H and O–H groups in total. The summed E-state index contributed by atoms with van der Waals surface area (Å²) < 4.78 is 6.58. The van der Waals surface area contributed by atoms with Crippen LogP contribution in [0.3, 0.4) is 0 Å². The number of methoxy groups -OCH3 is 1. The van der Waals surface area contributed by atoms with Crippen molar-refractivity contribution in [2.45, 2.75) is 19.0 Å². The molecule has 2 amide bonds. The van der Waals surface area contributed by atoms with Crippen molar-refractivity contribution in [3.8, 4) is 0 Å². The van der Waals surface area contributed by atoms with Crippen LogP contribution in [-0.2, 0) is 16.6 Å². The lowest BCUT2D eigenvalue weighted by molar-refractivity contribution is -0.113. The van der Waals surface area contributed by atoms with E-state index in [0.717, 1.165) is 17.2 Å². The van der Waals surface area contributed by atoms with Gasteiger partial charge in [0.25, 0.3) is 5.91 Å². The van der Waals surface area contributed by atoms with Crippen molar-refractivity contribution in [1.29, 1.82) is 0 Å². The molecule has 27 heavy (non-hydrogen) atoms. The standard InChI is InChI=1S/C16H21N5O4S2/c1-8-11(15(24)25-6)13(27-12(8)14(23)20(3)4)17-10(22)7-26-16-19-18-9(2)21(16)5/h7H2,1-6H3,(H,17,22). The molecule has 0 aliphatic rings. The van der Waals surface area contributed by atoms with Gasteiger partial charge in [-0.25, -0.2) is 4.79 Å². The van der Waals surface area contributed by atoms with Crippen molar-refractivity contribution in [3.05, 3.63) is 21.8 Å². The quantitative estimate of drug-likeness (QED) is 0.570. The van der Waals surface area contributed by atoms with E-state index < -0.39 is 5.97 Å². The van der Waals surface area contributed by atoms with Gasteiger partial charge >= 0.3 is 5.97 Å². The Kier molecular flexibility index (Phi) is 6.60. The molecular weight excluding hydrogens is 390 g/mol. The Bertz CT molecular complexity index is 888. The number of carbonyl (C=O) groups excluding carboxylic acids is 3. The summed E-state index contributed by atoms with van der Waals surface area (Å²) in [4.78, 5) is 38.6. The molecule has 0 saturated heterocycles. The summed E-state index contributed by atoms with van der Waals surface area (Å²) in [5.74, 6) is -0.344. The molecule has 0 fully saturated rings. The molecule has 0 radical (unpaired) electrons. The maximum Gasteiger partial charge on any atom is 0.341 e. The number of nitrogens with zero attached hydrogens (tertiary/aromatic N) is 4. The molecule has 2 rings (SSSR count). The van der Waals surface area contributed by atoms with E-state index in [4.69, 9.17) is 4.74 Å². The molecular formula is C16H21N5O4S2. The number of anilines is 1. The third kappa shape index (κ3) is 4.48. The van der Waals surface area contributed by atoms with Crippen LogP contribution < -0.4 is 5.32 Å². The Morgan fingerprint density at radius 1 is 1.26 bits per heavy atom. The first-order chi connectivity index (χ1) is 12.7. The average Bonchev–Trinajstić information content (AvgIpc) is 3.11. The number of ether oxygens (including phenoxy) is 1. The fourth-order valence-electron chi connectivity index (χ4n) is 2.16. The van der Waals surface area contributed by atoms with E-state index >= 15 is 0 Å². The van der Waals surface area contributed by atoms with Gasteiger partial charge in [0, 0.05) is 21.1 Å². The second-order valence-corrected chi connectivity index (χ2v) is 7.84. The number of amides is 2. The SMILES string of the molecule is COC(=O)c1c(NC(=O)CSc2nnc(C)n2C)sc(C(=O)N(C)C)c1C. The number of carbonyl (C=O) groups is 3. The van der Waals surface area contributed by atoms with Crippen molar-refractivity contribution in [2.75, 3.05) is 32.3 Å². The zero-order valence-corrected chi connectivity index (χ0v) is 17.6. The van der Waals surface area contributed by atoms with E-state index in [1.165, 1.54) is 23.8 Å². The fraction of sp³-hybridized carbons (Fsp3) is 0.438. The first-order valence-electron chi connectivity index (χ1n) is 7.89. The zero-order valence-electron chi connectivity index (χ0n) is 15.9. The molecule has 0 spiro atoms. The Morgan fingerprint density at radius 3 is 2.44 bits per heavy atom. The van der Waals surface area contributed by atoms with Crippen LogP contribution in [0.4, 0.5) is 5.00 Å². The van der Waals surface area contributed by atoms with Crippen LogP contribution in [0.25, 0.3) is 0 Å². The Hall–Kier alpha value is -2.40. The largest absolute Gasteiger partial charge is 0.465 e. The third-order valence-corrected chi connectivity index (χ3v) is 5.99. The monoisotopic (exact) mass is 411 g/mol. The van der Waals surface area contributed by atoms with Crippen LogP contribution in [0.5, 0.6) is 0 Å². The van der Waals surface area contributed by atoms with Gasteiger partial charge in [-0.15, -0.1) is 21.5 Å². The molecule has 0 unspecified atom stereocenters. The van der Waals surface area contributed by atoms with Crippen LogP contribution in [-0.4, -0.2) is 64.4 Å². The molecule has 146 valence electrons. The highest BCUT2D eigenvalue weighted by molar-refractivity contribution is 7.99. The van der Waals surface area contributed by atoms with Gasteiger partial charge in [-0.1, -0.05) is 11.8 Å². The van der Waals surface area contributed by atoms with Gasteiger partial charge in [-0.2, -0.15) is 0 Å². The second-order valence-electron chi connectivity index (χ2n) is 5.88. The number of nitrogens with one attached hydrogen (secondary N) is 1. The van der Waals surface area contributed by atoms with Crippen molar-refractivity contribution < 1.29 is 19.1 Å². The first-order valence-corrected chi connectivity index (χ1v) is 9.69. The van der Waals surface area contributed by atoms with E-state index in [9.17, 15) is 14.4 Å². The van der Waals surface area contributed by atoms with Gasteiger partial charge in [0.05, 0.1) is 23.3 Å². The van der Waals surface area contributed by atoms with Gasteiger partial charge in [0.15, 0.2) is 5.16 Å². The lowest BCUT2D eigenvalue weighted by atomic mass is 10.1. The summed E-state index contributed by atoms with van der Waals surface area (Å²) in [5.41, 5.74) is 0.679. The zero-order chi connectivity index (χ0) is 20.3. The van der Waals surface area contributed by atoms with Crippen LogP contribution in [0.1, 0.15) is 31.4 Å². The Balaban J connectivity index is 2.22. The highest BCUT2D eigenvalue weighted by Crippen LogP contribution is 2.34. The molecule has 0 atom stereocenters. The number of aromatic nitrogens is 3. The molecule has 2 aromatic heterocycles. The molecule has 0 bridgehead atoms. The van der Waals surface area contributed by atoms with Crippen LogP contribution in [0, 0.1) is 13.8 Å². The topological polar surface area (TPSA) is 106 Å². The summed E-state index contributed by atoms with van der Waals surface area (Å²) >= 11 is 2.29. The molecule has 2 heterocycles. The molecule has 0 aromatic carbocycles. The summed E-state index contributed by atoms with van der Waals surface area (Å²) in [7, 11) is 6.31. The molecule has 11 heteroatoms. The summed E-state index contributed by atoms with van der Waals surface area (Å²) in [6, 6.07) is 0. The van der Waals surface area contributed by atoms with E-state index in [1.807, 2.05) is 14.0 Å². The third-order valence-electron chi connectivity index (χ3n) is 3.77. The number of thiophene rings is 1. The smallest absolute Gasteiger partial charge is 0.341 e. The van der Waals surface area contributed by atoms with E-state index in [2.05, 4.69) is 15.5 Å². The van der Waals surface area contributed by atoms with Gasteiger partial charge in [0.1, 0.15) is 10.8 Å². The Labute approximate surface area is 165 Å². The molecule has 0 aliphatic heterocycles. The van der Waals surface area contributed by atoms with Crippen molar-refractivity contribution in [1.82, 2.24) is 19.7 Å². The molecule has 0 aliphatic carbocycles. The van der Waals surface area contributed by atoms with Crippen molar-refractivity contribution >= 4 is 45.9 Å². The lowest BCUT2D eigenvalue weighted by Crippen LogP contribution is -2.21. The van der Waals surface area contributed by atoms with E-state index in [-0.39, 0.29) is 23.1 Å². The fourth-order valence-corrected chi connectivity index (χ4v) is 4.15. The maximum absolute atomic E-state index is 12.4. The van der Waals surface area contributed by atoms with Crippen LogP contribution >= 0.6 is 23.1 Å². The summed E-state index contributed by atoms with van der Waals surface area (Å²) in [6.07, 6.45) is 0. The number of esters is 1. The van der Waals surface area contributed by atoms with Gasteiger partial charge in [-0.05, 0) is 19.4 Å². The van der Waals surface area contributed by atoms with Gasteiger partial charge in [0.2, 0.25) is 5.91 Å². The predicted octanol–water partition coefficient (Wildman–Crippen LogP) is 1.71. The minimum Gasteiger partial charge on any atom is -0.465 e. The van der Waals surface area contributed by atoms with Crippen LogP contribution in [0.2, 0.25) is 0 Å². The number of aryl methyl sites for hydroxylation is 1. The van der Waals surface area contributed by atoms with Crippen LogP contribution in [0.15, 0.2) is 5.16 Å². The predicted molar refractivity (Wildman–Crippen MR) is 104 cm³/mol. The minimum absolute atomic E-state index is 0.0838. The maximum atomic E-state index is 12.4. The van der Waals surface area contributed by atoms with Gasteiger partial charge < -0.3 is 19.5 Å². The normalized spacial score (nSPS) is 10.6. The second kappa shape index (κ2) is 8.53. The average molecular weight is 412 g/mol. The molecule has 9 nitrogen and oxygen atoms in total. The molecule has 2 aromatic rings. The highest BCUT2D eigenvalue weighted by atomic mass is 32.2. The number of thioether (sulfide) groups is 1. The number of rotatable bonds is 6. The number of hydrogen-bond donors (Lipinski definition) is 1. The highest BCUT2D eigenvalue weighted by Gasteiger charge is 2.27. The van der Waals surface area contributed by atoms with Crippen molar-refractivity contribution in [2.24, 2.45) is 7.05 Å². The number of hydrogen-bond acceptors (Lipinski definition) is 8. The Morgan fingerprint density at radius 2 is 1.93 bits per heavy atom. The molecule has 0 saturated carbocycles. The van der Waals surface area contributed by atoms with E-state index in [1.54, 1.807) is 25.6 Å². The summed E-state index contributed by atoms with van der Waals surface area (Å²) in [5, 5.41) is 11.5.